The van der Waals surface area contributed by atoms with Crippen LogP contribution < -0.4 is 10.6 Å². The molecule has 1 saturated carbocycles. The summed E-state index contributed by atoms with van der Waals surface area (Å²) >= 11 is 22.0. The maximum Gasteiger partial charge on any atom is 0.257 e. The molecule has 2 atom stereocenters. The van der Waals surface area contributed by atoms with Gasteiger partial charge in [0.05, 0.1) is 20.7 Å². The molecule has 0 aromatic heterocycles. The fourth-order valence-corrected chi connectivity index (χ4v) is 5.40. The van der Waals surface area contributed by atoms with Gasteiger partial charge in [0.25, 0.3) is 5.91 Å². The number of halogens is 8. The number of anilines is 2. The normalized spacial score (nSPS) is 18.0. The topological polar surface area (TPSA) is 41.1 Å². The number of rotatable bonds is 6. The Morgan fingerprint density at radius 1 is 1.03 bits per heavy atom. The highest BCUT2D eigenvalue weighted by Gasteiger charge is 2.66. The van der Waals surface area contributed by atoms with Crippen LogP contribution in [0, 0.1) is 36.1 Å². The van der Waals surface area contributed by atoms with Crippen molar-refractivity contribution in [1.29, 1.82) is 0 Å². The van der Waals surface area contributed by atoms with Crippen LogP contribution >= 0.6 is 50.7 Å². The summed E-state index contributed by atoms with van der Waals surface area (Å²) in [6.07, 6.45) is 0. The van der Waals surface area contributed by atoms with E-state index in [2.05, 4.69) is 33.1 Å². The van der Waals surface area contributed by atoms with Gasteiger partial charge in [-0.25, -0.2) is 17.6 Å². The number of carbonyl (C=O) groups excluding carboxylic acids is 1. The minimum atomic E-state index is -1.46. The highest BCUT2D eigenvalue weighted by molar-refractivity contribution is 9.10. The minimum absolute atomic E-state index is 0.000391. The van der Waals surface area contributed by atoms with Crippen LogP contribution in [-0.2, 0) is 0 Å². The van der Waals surface area contributed by atoms with Gasteiger partial charge >= 0.3 is 0 Å². The molecule has 3 aromatic rings. The second-order valence-electron chi connectivity index (χ2n) is 8.25. The maximum atomic E-state index is 14.9. The number of carbonyl (C=O) groups is 1. The Bertz CT molecular complexity index is 1420. The molecule has 1 aliphatic carbocycles. The fraction of sp³-hybridized carbons (Fsp3) is 0.160. The predicted molar refractivity (Wildman–Crippen MR) is 138 cm³/mol. The molecule has 0 aliphatic heterocycles. The molecule has 2 N–H and O–H groups in total. The van der Waals surface area contributed by atoms with Crippen LogP contribution in [0.1, 0.15) is 27.4 Å². The third kappa shape index (κ3) is 4.96. The van der Waals surface area contributed by atoms with E-state index in [9.17, 15) is 22.4 Å². The third-order valence-electron chi connectivity index (χ3n) is 5.88. The Morgan fingerprint density at radius 2 is 1.72 bits per heavy atom. The summed E-state index contributed by atoms with van der Waals surface area (Å²) < 4.78 is 54.7. The van der Waals surface area contributed by atoms with E-state index in [1.807, 2.05) is 0 Å². The van der Waals surface area contributed by atoms with Crippen molar-refractivity contribution in [3.8, 4) is 0 Å². The summed E-state index contributed by atoms with van der Waals surface area (Å²) in [5.41, 5.74) is 0.534. The summed E-state index contributed by atoms with van der Waals surface area (Å²) in [6.45, 7) is 5.37. The Morgan fingerprint density at radius 3 is 2.39 bits per heavy atom. The Hall–Kier alpha value is -2.26. The number of benzene rings is 3. The molecule has 1 fully saturated rings. The highest BCUT2D eigenvalue weighted by Crippen LogP contribution is 2.68. The molecule has 2 unspecified atom stereocenters. The van der Waals surface area contributed by atoms with Gasteiger partial charge < -0.3 is 10.6 Å². The molecule has 0 saturated heterocycles. The van der Waals surface area contributed by atoms with Gasteiger partial charge in [0.1, 0.15) is 27.6 Å². The molecule has 1 aliphatic rings. The van der Waals surface area contributed by atoms with E-state index in [0.717, 1.165) is 18.2 Å². The number of nitrogens with one attached hydrogen (secondary N) is 2. The van der Waals surface area contributed by atoms with Gasteiger partial charge in [-0.3, -0.25) is 4.79 Å². The van der Waals surface area contributed by atoms with Crippen LogP contribution in [0.2, 0.25) is 5.02 Å². The lowest BCUT2D eigenvalue weighted by Crippen LogP contribution is -2.14. The predicted octanol–water partition coefficient (Wildman–Crippen LogP) is 8.73. The van der Waals surface area contributed by atoms with Gasteiger partial charge in [-0.1, -0.05) is 18.2 Å². The molecule has 4 rings (SSSR count). The summed E-state index contributed by atoms with van der Waals surface area (Å²) in [6, 6.07) is 8.14. The zero-order valence-corrected chi connectivity index (χ0v) is 22.2. The first-order valence-corrected chi connectivity index (χ1v) is 12.3. The maximum absolute atomic E-state index is 14.9. The number of hydrogen-bond acceptors (Lipinski definition) is 2. The molecule has 3 aromatic carbocycles. The molecular weight excluding hydrogens is 607 g/mol. The van der Waals surface area contributed by atoms with E-state index in [1.54, 1.807) is 6.07 Å². The van der Waals surface area contributed by atoms with Crippen molar-refractivity contribution in [3.63, 3.8) is 0 Å². The molecular formula is C25H16BrCl3F4N2O. The fourth-order valence-electron chi connectivity index (χ4n) is 3.90. The van der Waals surface area contributed by atoms with Crippen LogP contribution in [0.5, 0.6) is 0 Å². The van der Waals surface area contributed by atoms with Crippen molar-refractivity contribution in [3.05, 3.63) is 104 Å². The zero-order chi connectivity index (χ0) is 26.5. The van der Waals surface area contributed by atoms with E-state index in [0.29, 0.717) is 17.5 Å². The third-order valence-corrected chi connectivity index (χ3v) is 8.09. The lowest BCUT2D eigenvalue weighted by Gasteiger charge is -2.13. The molecule has 3 nitrogen and oxygen atoms in total. The first-order chi connectivity index (χ1) is 16.8. The molecule has 11 heteroatoms. The minimum Gasteiger partial charge on any atom is -0.359 e. The molecule has 36 heavy (non-hydrogen) atoms. The van der Waals surface area contributed by atoms with Gasteiger partial charge in [0, 0.05) is 34.9 Å². The second kappa shape index (κ2) is 9.89. The molecule has 0 radical (unpaired) electrons. The first kappa shape index (κ1) is 26.8. The lowest BCUT2D eigenvalue weighted by molar-refractivity contribution is 0.102. The van der Waals surface area contributed by atoms with Gasteiger partial charge in [-0.05, 0) is 64.8 Å². The van der Waals surface area contributed by atoms with E-state index in [1.165, 1.54) is 19.1 Å². The summed E-state index contributed by atoms with van der Waals surface area (Å²) in [5.74, 6) is -5.24. The van der Waals surface area contributed by atoms with Crippen LogP contribution in [0.3, 0.4) is 0 Å². The molecule has 1 amide bonds. The largest absolute Gasteiger partial charge is 0.359 e. The SMILES string of the molecule is C=C(Nc1ccc(Cl)c(C(=O)Nc2ccc(F)cc2F)c1)C1C(c2cc(F)c(C)c(Br)c2F)C1(Cl)Cl. The standard InChI is InChI=1S/C25H16BrCl3F4N2O/c1-10-17(31)9-15(23(33)22(10)26)21-20(25(21,28)29)11(2)34-13-4-5-16(27)14(8-13)24(36)35-19-6-3-12(30)7-18(19)32/h3-9,20-21,34H,2H2,1H3,(H,35,36). The Balaban J connectivity index is 1.54. The number of alkyl halides is 2. The van der Waals surface area contributed by atoms with Crippen LogP contribution in [0.25, 0.3) is 0 Å². The zero-order valence-electron chi connectivity index (χ0n) is 18.3. The van der Waals surface area contributed by atoms with E-state index < -0.39 is 45.3 Å². The molecule has 0 spiro atoms. The van der Waals surface area contributed by atoms with Gasteiger partial charge in [0.2, 0.25) is 0 Å². The smallest absolute Gasteiger partial charge is 0.257 e. The molecule has 188 valence electrons. The quantitative estimate of drug-likeness (QED) is 0.164. The van der Waals surface area contributed by atoms with Gasteiger partial charge in [-0.15, -0.1) is 23.2 Å². The number of hydrogen-bond donors (Lipinski definition) is 2. The summed E-state index contributed by atoms with van der Waals surface area (Å²) in [4.78, 5) is 12.7. The van der Waals surface area contributed by atoms with Gasteiger partial charge in [0.15, 0.2) is 0 Å². The van der Waals surface area contributed by atoms with Crippen molar-refractivity contribution >= 4 is 68.0 Å². The Labute approximate surface area is 227 Å². The molecule has 0 bridgehead atoms. The van der Waals surface area contributed by atoms with Crippen molar-refractivity contribution in [2.75, 3.05) is 10.6 Å². The number of amides is 1. The average molecular weight is 623 g/mol. The van der Waals surface area contributed by atoms with Gasteiger partial charge in [-0.2, -0.15) is 0 Å². The van der Waals surface area contributed by atoms with Crippen LogP contribution in [0.15, 0.2) is 59.2 Å². The monoisotopic (exact) mass is 620 g/mol. The van der Waals surface area contributed by atoms with Crippen LogP contribution in [-0.4, -0.2) is 10.2 Å². The van der Waals surface area contributed by atoms with Crippen molar-refractivity contribution in [2.45, 2.75) is 17.2 Å². The van der Waals surface area contributed by atoms with E-state index in [4.69, 9.17) is 34.8 Å². The molecule has 0 heterocycles. The lowest BCUT2D eigenvalue weighted by atomic mass is 10.0. The highest BCUT2D eigenvalue weighted by atomic mass is 79.9. The van der Waals surface area contributed by atoms with Crippen molar-refractivity contribution in [2.24, 2.45) is 5.92 Å². The van der Waals surface area contributed by atoms with Crippen molar-refractivity contribution < 1.29 is 22.4 Å². The Kier molecular flexibility index (Phi) is 7.36. The van der Waals surface area contributed by atoms with E-state index >= 15 is 0 Å². The average Bonchev–Trinajstić information content (AvgIpc) is 3.39. The van der Waals surface area contributed by atoms with Crippen LogP contribution in [0.4, 0.5) is 28.9 Å². The summed E-state index contributed by atoms with van der Waals surface area (Å²) in [7, 11) is 0. The second-order valence-corrected chi connectivity index (χ2v) is 10.9. The number of allylic oxidation sites excluding steroid dienone is 1. The first-order valence-electron chi connectivity index (χ1n) is 10.4. The van der Waals surface area contributed by atoms with E-state index in [-0.39, 0.29) is 31.9 Å². The van der Waals surface area contributed by atoms with Crippen molar-refractivity contribution in [1.82, 2.24) is 0 Å². The summed E-state index contributed by atoms with van der Waals surface area (Å²) in [5, 5.41) is 5.38.